The van der Waals surface area contributed by atoms with E-state index in [1.54, 1.807) is 4.68 Å². The first kappa shape index (κ1) is 14.2. The van der Waals surface area contributed by atoms with Crippen LogP contribution in [-0.4, -0.2) is 39.1 Å². The Morgan fingerprint density at radius 1 is 0.955 bits per heavy atom. The van der Waals surface area contributed by atoms with Crippen molar-refractivity contribution in [1.82, 2.24) is 25.0 Å². The number of aromatic nitrogens is 5. The highest BCUT2D eigenvalue weighted by atomic mass is 15.5. The fourth-order valence-electron chi connectivity index (χ4n) is 2.23. The summed E-state index contributed by atoms with van der Waals surface area (Å²) in [6, 6.07) is 10.1. The van der Waals surface area contributed by atoms with Gasteiger partial charge in [-0.15, -0.1) is 5.10 Å². The summed E-state index contributed by atoms with van der Waals surface area (Å²) in [4.78, 5) is 10.8. The molecule has 0 aliphatic heterocycles. The predicted octanol–water partition coefficient (Wildman–Crippen LogP) is 2.41. The van der Waals surface area contributed by atoms with Crippen LogP contribution in [0.1, 0.15) is 11.4 Å². The van der Waals surface area contributed by atoms with E-state index >= 15 is 0 Å². The smallest absolute Gasteiger partial charge is 0.252 e. The summed E-state index contributed by atoms with van der Waals surface area (Å²) in [5.41, 5.74) is 4.79. The minimum Gasteiger partial charge on any atom is -0.378 e. The number of rotatable bonds is 3. The van der Waals surface area contributed by atoms with Gasteiger partial charge < -0.3 is 4.90 Å². The lowest BCUT2D eigenvalue weighted by Gasteiger charge is -2.11. The summed E-state index contributed by atoms with van der Waals surface area (Å²) in [6.07, 6.45) is 1.85. The zero-order valence-electron chi connectivity index (χ0n) is 13.1. The minimum atomic E-state index is 0.543. The Balaban J connectivity index is 1.93. The summed E-state index contributed by atoms with van der Waals surface area (Å²) in [6.45, 7) is 3.88. The third-order valence-corrected chi connectivity index (χ3v) is 3.35. The van der Waals surface area contributed by atoms with Gasteiger partial charge in [0.1, 0.15) is 5.69 Å². The van der Waals surface area contributed by atoms with Crippen LogP contribution in [0, 0.1) is 13.8 Å². The van der Waals surface area contributed by atoms with Crippen LogP contribution >= 0.6 is 0 Å². The van der Waals surface area contributed by atoms with Crippen molar-refractivity contribution >= 4 is 5.69 Å². The number of anilines is 1. The van der Waals surface area contributed by atoms with Crippen molar-refractivity contribution < 1.29 is 0 Å². The first-order chi connectivity index (χ1) is 10.5. The summed E-state index contributed by atoms with van der Waals surface area (Å²) in [7, 11) is 4.03. The van der Waals surface area contributed by atoms with Gasteiger partial charge in [-0.1, -0.05) is 17.3 Å². The van der Waals surface area contributed by atoms with Crippen molar-refractivity contribution in [3.63, 3.8) is 0 Å². The standard InChI is InChI=1S/C16H18N6/c1-11-9-12(2)18-16(17-11)22-10-15(19-20-22)13-5-7-14(8-6-13)21(3)4/h5-10H,1-4H3. The largest absolute Gasteiger partial charge is 0.378 e. The molecule has 0 unspecified atom stereocenters. The quantitative estimate of drug-likeness (QED) is 0.742. The Labute approximate surface area is 129 Å². The lowest BCUT2D eigenvalue weighted by molar-refractivity contribution is 0.746. The van der Waals surface area contributed by atoms with Gasteiger partial charge in [0.25, 0.3) is 5.95 Å². The molecule has 3 rings (SSSR count). The topological polar surface area (TPSA) is 59.7 Å². The molecule has 6 heteroatoms. The van der Waals surface area contributed by atoms with E-state index in [1.165, 1.54) is 0 Å². The lowest BCUT2D eigenvalue weighted by Crippen LogP contribution is -2.07. The Morgan fingerprint density at radius 3 is 2.18 bits per heavy atom. The number of nitrogens with zero attached hydrogens (tertiary/aromatic N) is 6. The SMILES string of the molecule is Cc1cc(C)nc(-n2cc(-c3ccc(N(C)C)cc3)nn2)n1. The van der Waals surface area contributed by atoms with Gasteiger partial charge in [0.2, 0.25) is 0 Å². The summed E-state index contributed by atoms with van der Waals surface area (Å²) in [5, 5.41) is 8.35. The van der Waals surface area contributed by atoms with Crippen LogP contribution < -0.4 is 4.90 Å². The van der Waals surface area contributed by atoms with E-state index in [9.17, 15) is 0 Å². The fourth-order valence-corrected chi connectivity index (χ4v) is 2.23. The minimum absolute atomic E-state index is 0.543. The highest BCUT2D eigenvalue weighted by Crippen LogP contribution is 2.20. The maximum atomic E-state index is 4.39. The average molecular weight is 294 g/mol. The van der Waals surface area contributed by atoms with Gasteiger partial charge >= 0.3 is 0 Å². The van der Waals surface area contributed by atoms with Crippen molar-refractivity contribution in [2.45, 2.75) is 13.8 Å². The monoisotopic (exact) mass is 294 g/mol. The number of aryl methyl sites for hydroxylation is 2. The van der Waals surface area contributed by atoms with Crippen LogP contribution in [0.2, 0.25) is 0 Å². The molecule has 0 saturated heterocycles. The highest BCUT2D eigenvalue weighted by Gasteiger charge is 2.08. The van der Waals surface area contributed by atoms with Crippen molar-refractivity contribution in [2.24, 2.45) is 0 Å². The van der Waals surface area contributed by atoms with Crippen molar-refractivity contribution in [3.8, 4) is 17.2 Å². The van der Waals surface area contributed by atoms with Crippen LogP contribution in [0.25, 0.3) is 17.2 Å². The molecule has 0 amide bonds. The van der Waals surface area contributed by atoms with Gasteiger partial charge in [-0.25, -0.2) is 9.97 Å². The molecule has 0 atom stereocenters. The fraction of sp³-hybridized carbons (Fsp3) is 0.250. The van der Waals surface area contributed by atoms with Gasteiger partial charge in [0.05, 0.1) is 6.20 Å². The molecule has 0 spiro atoms. The Hall–Kier alpha value is -2.76. The second kappa shape index (κ2) is 5.55. The first-order valence-corrected chi connectivity index (χ1v) is 7.06. The number of hydrogen-bond donors (Lipinski definition) is 0. The molecular weight excluding hydrogens is 276 g/mol. The van der Waals surface area contributed by atoms with Gasteiger partial charge in [-0.2, -0.15) is 4.68 Å². The Bertz CT molecular complexity index is 768. The van der Waals surface area contributed by atoms with Gasteiger partial charge in [-0.3, -0.25) is 0 Å². The van der Waals surface area contributed by atoms with Gasteiger partial charge in [0.15, 0.2) is 0 Å². The van der Waals surface area contributed by atoms with Crippen LogP contribution in [0.3, 0.4) is 0 Å². The van der Waals surface area contributed by atoms with E-state index in [-0.39, 0.29) is 0 Å². The van der Waals surface area contributed by atoms with E-state index in [4.69, 9.17) is 0 Å². The average Bonchev–Trinajstić information content (AvgIpc) is 2.96. The Kier molecular flexibility index (Phi) is 3.58. The molecule has 0 fully saturated rings. The molecule has 0 aliphatic rings. The van der Waals surface area contributed by atoms with Gasteiger partial charge in [0, 0.05) is 36.7 Å². The molecule has 0 aliphatic carbocycles. The first-order valence-electron chi connectivity index (χ1n) is 7.06. The number of hydrogen-bond acceptors (Lipinski definition) is 5. The van der Waals surface area contributed by atoms with Crippen LogP contribution in [0.15, 0.2) is 36.5 Å². The maximum Gasteiger partial charge on any atom is 0.252 e. The Morgan fingerprint density at radius 2 is 1.59 bits per heavy atom. The molecule has 2 heterocycles. The van der Waals surface area contributed by atoms with Crippen molar-refractivity contribution in [1.29, 1.82) is 0 Å². The maximum absolute atomic E-state index is 4.39. The van der Waals surface area contributed by atoms with Crippen LogP contribution in [-0.2, 0) is 0 Å². The highest BCUT2D eigenvalue weighted by molar-refractivity contribution is 5.62. The molecule has 1 aromatic carbocycles. The molecule has 0 saturated carbocycles. The molecule has 22 heavy (non-hydrogen) atoms. The molecule has 0 bridgehead atoms. The summed E-state index contributed by atoms with van der Waals surface area (Å²) < 4.78 is 1.61. The van der Waals surface area contributed by atoms with E-state index in [2.05, 4.69) is 37.3 Å². The third kappa shape index (κ3) is 2.81. The summed E-state index contributed by atoms with van der Waals surface area (Å²) >= 11 is 0. The molecule has 0 radical (unpaired) electrons. The van der Waals surface area contributed by atoms with E-state index in [1.807, 2.05) is 52.3 Å². The molecular formula is C16H18N6. The molecule has 2 aromatic heterocycles. The number of benzene rings is 1. The van der Waals surface area contributed by atoms with Gasteiger partial charge in [-0.05, 0) is 32.0 Å². The zero-order chi connectivity index (χ0) is 15.7. The van der Waals surface area contributed by atoms with E-state index in [0.29, 0.717) is 5.95 Å². The lowest BCUT2D eigenvalue weighted by atomic mass is 10.1. The molecule has 3 aromatic rings. The second-order valence-corrected chi connectivity index (χ2v) is 5.44. The molecule has 0 N–H and O–H groups in total. The summed E-state index contributed by atoms with van der Waals surface area (Å²) in [5.74, 6) is 0.543. The van der Waals surface area contributed by atoms with Crippen LogP contribution in [0.4, 0.5) is 5.69 Å². The third-order valence-electron chi connectivity index (χ3n) is 3.35. The van der Waals surface area contributed by atoms with E-state index < -0.39 is 0 Å². The predicted molar refractivity (Wildman–Crippen MR) is 86.2 cm³/mol. The van der Waals surface area contributed by atoms with Crippen LogP contribution in [0.5, 0.6) is 0 Å². The molecule has 112 valence electrons. The zero-order valence-corrected chi connectivity index (χ0v) is 13.1. The molecule has 6 nitrogen and oxygen atoms in total. The van der Waals surface area contributed by atoms with Crippen molar-refractivity contribution in [3.05, 3.63) is 47.9 Å². The second-order valence-electron chi connectivity index (χ2n) is 5.44. The van der Waals surface area contributed by atoms with Crippen molar-refractivity contribution in [2.75, 3.05) is 19.0 Å². The normalized spacial score (nSPS) is 10.7. The van der Waals surface area contributed by atoms with E-state index in [0.717, 1.165) is 28.3 Å².